The fourth-order valence-corrected chi connectivity index (χ4v) is 3.01. The first kappa shape index (κ1) is 20.2. The number of nitrogens with one attached hydrogen (secondary N) is 1. The van der Waals surface area contributed by atoms with Gasteiger partial charge in [0.2, 0.25) is 10.0 Å². The van der Waals surface area contributed by atoms with Crippen LogP contribution in [0.4, 0.5) is 0 Å². The molecule has 0 heterocycles. The number of primary sulfonamides is 1. The smallest absolute Gasteiger partial charge is 0.257 e. The minimum Gasteiger partial charge on any atom is -0.484 e. The first-order valence-electron chi connectivity index (χ1n) is 7.95. The van der Waals surface area contributed by atoms with Crippen molar-refractivity contribution in [3.63, 3.8) is 0 Å². The van der Waals surface area contributed by atoms with E-state index in [-0.39, 0.29) is 17.4 Å². The molecule has 0 aromatic heterocycles. The van der Waals surface area contributed by atoms with Crippen molar-refractivity contribution in [2.75, 3.05) is 13.2 Å². The number of ether oxygens (including phenoxy) is 1. The van der Waals surface area contributed by atoms with E-state index < -0.39 is 10.0 Å². The van der Waals surface area contributed by atoms with E-state index in [1.165, 1.54) is 12.1 Å². The van der Waals surface area contributed by atoms with Crippen molar-refractivity contribution >= 4 is 27.5 Å². The normalized spacial score (nSPS) is 11.2. The molecule has 0 saturated heterocycles. The molecule has 3 N–H and O–H groups in total. The SMILES string of the molecule is Cc1cc(OCC(=O)NCCc2ccc(S(N)(=O)=O)cc2)cc(C)c1Cl. The first-order chi connectivity index (χ1) is 12.2. The second-order valence-electron chi connectivity index (χ2n) is 5.95. The van der Waals surface area contributed by atoms with Crippen LogP contribution in [0.5, 0.6) is 5.75 Å². The Morgan fingerprint density at radius 3 is 2.27 bits per heavy atom. The van der Waals surface area contributed by atoms with Crippen LogP contribution < -0.4 is 15.2 Å². The summed E-state index contributed by atoms with van der Waals surface area (Å²) in [5.74, 6) is 0.356. The molecular weight excluding hydrogens is 376 g/mol. The Morgan fingerprint density at radius 2 is 1.73 bits per heavy atom. The van der Waals surface area contributed by atoms with Gasteiger partial charge in [-0.05, 0) is 61.2 Å². The Bertz CT molecular complexity index is 873. The van der Waals surface area contributed by atoms with Crippen LogP contribution in [0.3, 0.4) is 0 Å². The molecule has 0 aliphatic carbocycles. The molecule has 2 rings (SSSR count). The van der Waals surface area contributed by atoms with Crippen LogP contribution in [0, 0.1) is 13.8 Å². The molecule has 0 aliphatic rings. The third kappa shape index (κ3) is 5.72. The molecule has 140 valence electrons. The van der Waals surface area contributed by atoms with Crippen LogP contribution >= 0.6 is 11.6 Å². The average Bonchev–Trinajstić information content (AvgIpc) is 2.57. The lowest BCUT2D eigenvalue weighted by molar-refractivity contribution is -0.123. The Morgan fingerprint density at radius 1 is 1.15 bits per heavy atom. The fraction of sp³-hybridized carbons (Fsp3) is 0.278. The van der Waals surface area contributed by atoms with Crippen molar-refractivity contribution in [1.29, 1.82) is 0 Å². The number of aryl methyl sites for hydroxylation is 2. The number of sulfonamides is 1. The van der Waals surface area contributed by atoms with Crippen LogP contribution in [0.15, 0.2) is 41.3 Å². The number of rotatable bonds is 7. The fourth-order valence-electron chi connectivity index (χ4n) is 2.38. The molecule has 0 radical (unpaired) electrons. The van der Waals surface area contributed by atoms with Gasteiger partial charge in [-0.15, -0.1) is 0 Å². The molecule has 8 heteroatoms. The molecule has 0 bridgehead atoms. The molecule has 2 aromatic carbocycles. The van der Waals surface area contributed by atoms with Gasteiger partial charge < -0.3 is 10.1 Å². The van der Waals surface area contributed by atoms with Gasteiger partial charge in [-0.3, -0.25) is 4.79 Å². The van der Waals surface area contributed by atoms with Crippen molar-refractivity contribution in [1.82, 2.24) is 5.32 Å². The van der Waals surface area contributed by atoms with Gasteiger partial charge in [0, 0.05) is 11.6 Å². The van der Waals surface area contributed by atoms with E-state index in [4.69, 9.17) is 21.5 Å². The minimum atomic E-state index is -3.69. The van der Waals surface area contributed by atoms with Crippen molar-refractivity contribution in [3.05, 3.63) is 58.1 Å². The minimum absolute atomic E-state index is 0.0623. The molecule has 0 fully saturated rings. The predicted molar refractivity (Wildman–Crippen MR) is 101 cm³/mol. The van der Waals surface area contributed by atoms with Crippen molar-refractivity contribution in [2.45, 2.75) is 25.2 Å². The largest absolute Gasteiger partial charge is 0.484 e. The highest BCUT2D eigenvalue weighted by Crippen LogP contribution is 2.25. The van der Waals surface area contributed by atoms with Crippen molar-refractivity contribution in [2.24, 2.45) is 5.14 Å². The van der Waals surface area contributed by atoms with Gasteiger partial charge in [0.1, 0.15) is 5.75 Å². The zero-order valence-corrected chi connectivity index (χ0v) is 16.2. The molecular formula is C18H21ClN2O4S. The van der Waals surface area contributed by atoms with Gasteiger partial charge in [0.25, 0.3) is 5.91 Å². The Hall–Kier alpha value is -2.09. The highest BCUT2D eigenvalue weighted by molar-refractivity contribution is 7.89. The molecule has 2 aromatic rings. The lowest BCUT2D eigenvalue weighted by atomic mass is 10.1. The summed E-state index contributed by atoms with van der Waals surface area (Å²) >= 11 is 6.10. The van der Waals surface area contributed by atoms with Crippen LogP contribution in [0.25, 0.3) is 0 Å². The maximum absolute atomic E-state index is 11.9. The van der Waals surface area contributed by atoms with E-state index in [0.717, 1.165) is 16.7 Å². The summed E-state index contributed by atoms with van der Waals surface area (Å²) in [5, 5.41) is 8.49. The zero-order chi connectivity index (χ0) is 19.3. The van der Waals surface area contributed by atoms with E-state index in [9.17, 15) is 13.2 Å². The van der Waals surface area contributed by atoms with Crippen LogP contribution in [-0.2, 0) is 21.2 Å². The molecule has 0 atom stereocenters. The summed E-state index contributed by atoms with van der Waals surface area (Å²) in [6.07, 6.45) is 0.565. The molecule has 1 amide bonds. The van der Waals surface area contributed by atoms with E-state index in [2.05, 4.69) is 5.32 Å². The predicted octanol–water partition coefficient (Wildman–Crippen LogP) is 2.34. The Kier molecular flexibility index (Phi) is 6.63. The van der Waals surface area contributed by atoms with Crippen LogP contribution in [0.2, 0.25) is 5.02 Å². The van der Waals surface area contributed by atoms with Gasteiger partial charge in [-0.2, -0.15) is 0 Å². The number of hydrogen-bond acceptors (Lipinski definition) is 4. The van der Waals surface area contributed by atoms with Gasteiger partial charge in [-0.25, -0.2) is 13.6 Å². The number of hydrogen-bond donors (Lipinski definition) is 2. The highest BCUT2D eigenvalue weighted by atomic mass is 35.5. The molecule has 0 unspecified atom stereocenters. The summed E-state index contributed by atoms with van der Waals surface area (Å²) in [6, 6.07) is 9.80. The zero-order valence-electron chi connectivity index (χ0n) is 14.6. The number of carbonyl (C=O) groups is 1. The summed E-state index contributed by atoms with van der Waals surface area (Å²) in [7, 11) is -3.69. The van der Waals surface area contributed by atoms with E-state index in [1.54, 1.807) is 24.3 Å². The summed E-state index contributed by atoms with van der Waals surface area (Å²) in [6.45, 7) is 4.08. The highest BCUT2D eigenvalue weighted by Gasteiger charge is 2.08. The second-order valence-corrected chi connectivity index (χ2v) is 7.89. The average molecular weight is 397 g/mol. The van der Waals surface area contributed by atoms with Crippen LogP contribution in [0.1, 0.15) is 16.7 Å². The number of nitrogens with two attached hydrogens (primary N) is 1. The van der Waals surface area contributed by atoms with Gasteiger partial charge in [0.15, 0.2) is 6.61 Å². The Balaban J connectivity index is 1.79. The number of carbonyl (C=O) groups excluding carboxylic acids is 1. The van der Waals surface area contributed by atoms with E-state index in [1.807, 2.05) is 13.8 Å². The third-order valence-corrected chi connectivity index (χ3v) is 5.29. The lowest BCUT2D eigenvalue weighted by Gasteiger charge is -2.10. The first-order valence-corrected chi connectivity index (χ1v) is 9.87. The molecule has 0 aliphatic heterocycles. The van der Waals surface area contributed by atoms with Gasteiger partial charge in [0.05, 0.1) is 4.90 Å². The van der Waals surface area contributed by atoms with Gasteiger partial charge in [-0.1, -0.05) is 23.7 Å². The van der Waals surface area contributed by atoms with E-state index in [0.29, 0.717) is 23.7 Å². The topological polar surface area (TPSA) is 98.5 Å². The molecule has 6 nitrogen and oxygen atoms in total. The maximum atomic E-state index is 11.9. The maximum Gasteiger partial charge on any atom is 0.257 e. The molecule has 0 saturated carbocycles. The quantitative estimate of drug-likeness (QED) is 0.750. The summed E-state index contributed by atoms with van der Waals surface area (Å²) in [5.41, 5.74) is 2.68. The van der Waals surface area contributed by atoms with E-state index >= 15 is 0 Å². The Labute approximate surface area is 158 Å². The molecule has 0 spiro atoms. The van der Waals surface area contributed by atoms with Crippen molar-refractivity contribution < 1.29 is 17.9 Å². The third-order valence-electron chi connectivity index (χ3n) is 3.77. The number of amides is 1. The van der Waals surface area contributed by atoms with Crippen molar-refractivity contribution in [3.8, 4) is 5.75 Å². The molecule has 26 heavy (non-hydrogen) atoms. The van der Waals surface area contributed by atoms with Gasteiger partial charge >= 0.3 is 0 Å². The van der Waals surface area contributed by atoms with Crippen LogP contribution in [-0.4, -0.2) is 27.5 Å². The standard InChI is InChI=1S/C18H21ClN2O4S/c1-12-9-15(10-13(2)18(12)19)25-11-17(22)21-8-7-14-3-5-16(6-4-14)26(20,23)24/h3-6,9-10H,7-8,11H2,1-2H3,(H,21,22)(H2,20,23,24). The summed E-state index contributed by atoms with van der Waals surface area (Å²) < 4.78 is 27.9. The lowest BCUT2D eigenvalue weighted by Crippen LogP contribution is -2.30. The number of halogens is 1. The monoisotopic (exact) mass is 396 g/mol. The number of benzene rings is 2. The second kappa shape index (κ2) is 8.53. The summed E-state index contributed by atoms with van der Waals surface area (Å²) in [4.78, 5) is 11.9.